The minimum atomic E-state index is -3.01. The van der Waals surface area contributed by atoms with Gasteiger partial charge in [-0.15, -0.1) is 0 Å². The maximum atomic E-state index is 14.1. The van der Waals surface area contributed by atoms with E-state index in [1.54, 1.807) is 0 Å². The maximum Gasteiger partial charge on any atom is 0.263 e. The molecule has 1 aliphatic rings. The van der Waals surface area contributed by atoms with Gasteiger partial charge in [0.15, 0.2) is 17.9 Å². The highest BCUT2D eigenvalue weighted by Gasteiger charge is 2.65. The van der Waals surface area contributed by atoms with Crippen molar-refractivity contribution in [1.82, 2.24) is 9.55 Å². The molecule has 0 saturated carbocycles. The second-order valence-electron chi connectivity index (χ2n) is 4.48. The van der Waals surface area contributed by atoms with E-state index < -0.39 is 37.1 Å². The van der Waals surface area contributed by atoms with Crippen molar-refractivity contribution < 1.29 is 28.8 Å². The Morgan fingerprint density at radius 1 is 1.60 bits per heavy atom. The predicted molar refractivity (Wildman–Crippen MR) is 65.5 cm³/mol. The average molecular weight is 309 g/mol. The molecule has 1 unspecified atom stereocenters. The number of hydrogen-bond acceptors (Lipinski definition) is 7. The highest BCUT2D eigenvalue weighted by atomic mass is 32.1. The number of nitrogen functional groups attached to an aromatic ring is 1. The molecule has 112 valence electrons. The van der Waals surface area contributed by atoms with Crippen LogP contribution in [0, 0.1) is 4.77 Å². The summed E-state index contributed by atoms with van der Waals surface area (Å²) in [5.41, 5.74) is 2.78. The van der Waals surface area contributed by atoms with Crippen LogP contribution < -0.4 is 5.73 Å². The van der Waals surface area contributed by atoms with Crippen LogP contribution in [0.3, 0.4) is 0 Å². The summed E-state index contributed by atoms with van der Waals surface area (Å²) in [6.45, 7) is -2.78. The zero-order chi connectivity index (χ0) is 15.1. The van der Waals surface area contributed by atoms with Crippen LogP contribution in [-0.4, -0.2) is 55.7 Å². The predicted octanol–water partition coefficient (Wildman–Crippen LogP) is -0.557. The quantitative estimate of drug-likeness (QED) is 0.554. The van der Waals surface area contributed by atoms with Gasteiger partial charge in [0.25, 0.3) is 5.85 Å². The first kappa shape index (κ1) is 15.2. The summed E-state index contributed by atoms with van der Waals surface area (Å²) in [5, 5.41) is 28.8. The molecule has 0 aromatic carbocycles. The fourth-order valence-electron chi connectivity index (χ4n) is 2.03. The standard InChI is InChI=1S/C10H13F2N3O4S/c11-3-9(18)6(17)10(12,4-16)19-7(9)15-2-1-5(13)14-8(15)20/h1-2,6-7,16-18H,3-4H2,(H2,13,14,20)/t6-,7-,9?,10-/m1/s1. The van der Waals surface area contributed by atoms with Gasteiger partial charge in [-0.05, 0) is 18.3 Å². The van der Waals surface area contributed by atoms with Crippen LogP contribution in [-0.2, 0) is 4.74 Å². The lowest BCUT2D eigenvalue weighted by Crippen LogP contribution is -2.52. The molecule has 0 aliphatic carbocycles. The lowest BCUT2D eigenvalue weighted by molar-refractivity contribution is -0.207. The summed E-state index contributed by atoms with van der Waals surface area (Å²) in [5.74, 6) is -2.94. The number of aliphatic hydroxyl groups is 3. The van der Waals surface area contributed by atoms with Crippen molar-refractivity contribution in [1.29, 1.82) is 0 Å². The summed E-state index contributed by atoms with van der Waals surface area (Å²) in [4.78, 5) is 3.69. The molecule has 1 aliphatic heterocycles. The monoisotopic (exact) mass is 309 g/mol. The Kier molecular flexibility index (Phi) is 3.77. The lowest BCUT2D eigenvalue weighted by atomic mass is 9.94. The van der Waals surface area contributed by atoms with Crippen LogP contribution in [0.2, 0.25) is 0 Å². The lowest BCUT2D eigenvalue weighted by Gasteiger charge is -2.28. The highest BCUT2D eigenvalue weighted by molar-refractivity contribution is 7.71. The molecule has 10 heteroatoms. The van der Waals surface area contributed by atoms with Gasteiger partial charge in [0, 0.05) is 6.20 Å². The van der Waals surface area contributed by atoms with Gasteiger partial charge < -0.3 is 25.8 Å². The van der Waals surface area contributed by atoms with Crippen LogP contribution in [0.25, 0.3) is 0 Å². The van der Waals surface area contributed by atoms with Crippen LogP contribution >= 0.6 is 12.2 Å². The molecule has 4 atom stereocenters. The van der Waals surface area contributed by atoms with Gasteiger partial charge in [0.1, 0.15) is 19.1 Å². The minimum Gasteiger partial charge on any atom is -0.390 e. The van der Waals surface area contributed by atoms with Gasteiger partial charge >= 0.3 is 0 Å². The Morgan fingerprint density at radius 3 is 2.75 bits per heavy atom. The molecule has 0 amide bonds. The van der Waals surface area contributed by atoms with E-state index in [4.69, 9.17) is 27.8 Å². The number of anilines is 1. The summed E-state index contributed by atoms with van der Waals surface area (Å²) in [6, 6.07) is 1.28. The van der Waals surface area contributed by atoms with Crippen molar-refractivity contribution in [3.8, 4) is 0 Å². The fraction of sp³-hybridized carbons (Fsp3) is 0.600. The topological polar surface area (TPSA) is 114 Å². The number of halogens is 2. The third-order valence-corrected chi connectivity index (χ3v) is 3.45. The average Bonchev–Trinajstić information content (AvgIpc) is 2.62. The molecular weight excluding hydrogens is 296 g/mol. The van der Waals surface area contributed by atoms with Gasteiger partial charge in [-0.3, -0.25) is 4.57 Å². The Bertz CT molecular complexity index is 574. The molecule has 7 nitrogen and oxygen atoms in total. The molecule has 2 rings (SSSR count). The van der Waals surface area contributed by atoms with E-state index in [0.717, 1.165) is 4.57 Å². The van der Waals surface area contributed by atoms with E-state index in [1.807, 2.05) is 0 Å². The van der Waals surface area contributed by atoms with Crippen LogP contribution in [0.4, 0.5) is 14.6 Å². The van der Waals surface area contributed by atoms with E-state index in [1.165, 1.54) is 12.3 Å². The summed E-state index contributed by atoms with van der Waals surface area (Å²) in [7, 11) is 0. The maximum absolute atomic E-state index is 14.1. The van der Waals surface area contributed by atoms with Crippen LogP contribution in [0.1, 0.15) is 6.23 Å². The first-order valence-electron chi connectivity index (χ1n) is 5.57. The molecule has 0 bridgehead atoms. The number of alkyl halides is 2. The normalized spacial score (nSPS) is 37.2. The third kappa shape index (κ3) is 2.09. The van der Waals surface area contributed by atoms with E-state index in [2.05, 4.69) is 4.98 Å². The van der Waals surface area contributed by atoms with Crippen molar-refractivity contribution in [2.24, 2.45) is 0 Å². The molecule has 0 radical (unpaired) electrons. The van der Waals surface area contributed by atoms with E-state index in [9.17, 15) is 19.0 Å². The first-order valence-corrected chi connectivity index (χ1v) is 5.98. The van der Waals surface area contributed by atoms with Gasteiger partial charge in [0.2, 0.25) is 4.77 Å². The summed E-state index contributed by atoms with van der Waals surface area (Å²) >= 11 is 4.87. The number of aromatic nitrogens is 2. The zero-order valence-corrected chi connectivity index (χ0v) is 10.9. The van der Waals surface area contributed by atoms with Gasteiger partial charge in [-0.25, -0.2) is 13.8 Å². The Morgan fingerprint density at radius 2 is 2.25 bits per heavy atom. The number of nitrogens with zero attached hydrogens (tertiary/aromatic N) is 2. The molecule has 2 heterocycles. The van der Waals surface area contributed by atoms with Crippen molar-refractivity contribution in [3.05, 3.63) is 17.0 Å². The molecule has 1 aromatic heterocycles. The van der Waals surface area contributed by atoms with Crippen LogP contribution in [0.5, 0.6) is 0 Å². The van der Waals surface area contributed by atoms with Crippen molar-refractivity contribution in [2.75, 3.05) is 19.0 Å². The van der Waals surface area contributed by atoms with Gasteiger partial charge in [-0.2, -0.15) is 0 Å². The third-order valence-electron chi connectivity index (χ3n) is 3.15. The summed E-state index contributed by atoms with van der Waals surface area (Å²) in [6.07, 6.45) is -2.78. The highest BCUT2D eigenvalue weighted by Crippen LogP contribution is 2.45. The van der Waals surface area contributed by atoms with Gasteiger partial charge in [-0.1, -0.05) is 0 Å². The number of aliphatic hydroxyl groups excluding tert-OH is 2. The van der Waals surface area contributed by atoms with Gasteiger partial charge in [0.05, 0.1) is 0 Å². The van der Waals surface area contributed by atoms with E-state index in [-0.39, 0.29) is 10.6 Å². The number of ether oxygens (including phenoxy) is 1. The van der Waals surface area contributed by atoms with Crippen molar-refractivity contribution >= 4 is 18.0 Å². The SMILES string of the molecule is Nc1ccn([C@@H]2O[C@](F)(CO)[C@H](O)C2(O)CF)c(=S)n1. The molecular formula is C10H13F2N3O4S. The molecule has 0 spiro atoms. The largest absolute Gasteiger partial charge is 0.390 e. The molecule has 1 fully saturated rings. The second kappa shape index (κ2) is 4.97. The Balaban J connectivity index is 2.52. The zero-order valence-electron chi connectivity index (χ0n) is 10.1. The fourth-order valence-corrected chi connectivity index (χ4v) is 2.29. The number of hydrogen-bond donors (Lipinski definition) is 4. The van der Waals surface area contributed by atoms with E-state index >= 15 is 0 Å². The van der Waals surface area contributed by atoms with Crippen LogP contribution in [0.15, 0.2) is 12.3 Å². The first-order chi connectivity index (χ1) is 9.28. The van der Waals surface area contributed by atoms with E-state index in [0.29, 0.717) is 0 Å². The Hall–Kier alpha value is -1.20. The molecule has 1 saturated heterocycles. The van der Waals surface area contributed by atoms with Crippen molar-refractivity contribution in [2.45, 2.75) is 23.8 Å². The smallest absolute Gasteiger partial charge is 0.263 e. The molecule has 5 N–H and O–H groups in total. The second-order valence-corrected chi connectivity index (χ2v) is 4.85. The molecule has 1 aromatic rings. The van der Waals surface area contributed by atoms with Crippen molar-refractivity contribution in [3.63, 3.8) is 0 Å². The Labute approximate surface area is 117 Å². The minimum absolute atomic E-state index is 0.0715. The number of nitrogens with two attached hydrogens (primary N) is 1. The molecule has 20 heavy (non-hydrogen) atoms. The number of rotatable bonds is 3. The summed E-state index contributed by atoms with van der Waals surface area (Å²) < 4.78 is 32.8.